The lowest BCUT2D eigenvalue weighted by Gasteiger charge is -2.25. The lowest BCUT2D eigenvalue weighted by molar-refractivity contribution is -0.156. The van der Waals surface area contributed by atoms with Gasteiger partial charge in [0.25, 0.3) is 5.91 Å². The van der Waals surface area contributed by atoms with Crippen LogP contribution in [0.4, 0.5) is 0 Å². The Kier molecular flexibility index (Phi) is 10.3. The van der Waals surface area contributed by atoms with Gasteiger partial charge in [-0.05, 0) is 83.7 Å². The minimum atomic E-state index is -4.12. The zero-order chi connectivity index (χ0) is 32.1. The Morgan fingerprint density at radius 1 is 1.11 bits per heavy atom. The summed E-state index contributed by atoms with van der Waals surface area (Å²) in [4.78, 5) is 30.8. The minimum Gasteiger partial charge on any atom is -0.459 e. The van der Waals surface area contributed by atoms with Gasteiger partial charge in [0.15, 0.2) is 5.96 Å². The number of carbonyl (C=O) groups is 2. The maximum Gasteiger partial charge on any atom is 0.326 e. The number of nitrogens with one attached hydrogen (secondary N) is 4. The Hall–Kier alpha value is -3.97. The van der Waals surface area contributed by atoms with E-state index in [1.165, 1.54) is 0 Å². The third-order valence-electron chi connectivity index (χ3n) is 6.97. The van der Waals surface area contributed by atoms with Crippen LogP contribution in [-0.4, -0.2) is 73.9 Å². The van der Waals surface area contributed by atoms with Crippen LogP contribution < -0.4 is 20.7 Å². The Labute approximate surface area is 259 Å². The number of ether oxygens (including phenoxy) is 1. The number of aliphatic imine (C=N–C) groups is 1. The van der Waals surface area contributed by atoms with Crippen molar-refractivity contribution in [2.75, 3.05) is 26.2 Å². The predicted molar refractivity (Wildman–Crippen MR) is 170 cm³/mol. The van der Waals surface area contributed by atoms with Gasteiger partial charge in [0.05, 0.1) is 16.6 Å². The molecular weight excluding hydrogens is 582 g/mol. The van der Waals surface area contributed by atoms with Crippen LogP contribution >= 0.6 is 0 Å². The number of aromatic nitrogens is 2. The monoisotopic (exact) mass is 625 g/mol. The molecule has 0 saturated heterocycles. The largest absolute Gasteiger partial charge is 0.459 e. The second-order valence-corrected chi connectivity index (χ2v) is 13.7. The summed E-state index contributed by atoms with van der Waals surface area (Å²) in [5, 5.41) is 14.5. The highest BCUT2D eigenvalue weighted by molar-refractivity contribution is 7.89. The highest BCUT2D eigenvalue weighted by Crippen LogP contribution is 2.22. The number of esters is 1. The number of guanidine groups is 1. The number of fused-ring (bicyclic) bond motifs is 1. The highest BCUT2D eigenvalue weighted by Gasteiger charge is 2.32. The molecule has 1 aliphatic heterocycles. The summed E-state index contributed by atoms with van der Waals surface area (Å²) in [6.45, 7) is 13.3. The standard InChI is InChI=1S/C31H43N7O5S/c1-20-15-21(2)27(22(3)16-20)44(41,42)37-25(29(40)43-31(4,5)6)19-35-28(39)23-9-10-26-24(17-23)18-36-38(26)14-8-13-34-30-32-11-7-12-33-30/h9-10,15-18,25,37H,7-8,11-14,19H2,1-6H3,(H,35,39)(H2,32,33,34)/t25-/m0/s1. The number of hydrogen-bond acceptors (Lipinski definition) is 9. The molecule has 4 rings (SSSR count). The van der Waals surface area contributed by atoms with E-state index in [9.17, 15) is 18.0 Å². The van der Waals surface area contributed by atoms with Gasteiger partial charge in [0.1, 0.15) is 11.6 Å². The number of hydrogen-bond donors (Lipinski definition) is 4. The number of sulfonamides is 1. The van der Waals surface area contributed by atoms with E-state index >= 15 is 0 Å². The van der Waals surface area contributed by atoms with Crippen LogP contribution in [0.5, 0.6) is 0 Å². The van der Waals surface area contributed by atoms with E-state index in [4.69, 9.17) is 4.74 Å². The zero-order valence-corrected chi connectivity index (χ0v) is 27.1. The molecule has 2 aromatic carbocycles. The van der Waals surface area contributed by atoms with Gasteiger partial charge >= 0.3 is 5.97 Å². The molecule has 238 valence electrons. The van der Waals surface area contributed by atoms with Crippen LogP contribution in [0.25, 0.3) is 10.9 Å². The molecule has 13 heteroatoms. The van der Waals surface area contributed by atoms with Crippen molar-refractivity contribution < 1.29 is 22.7 Å². The average molecular weight is 626 g/mol. The molecular formula is C31H43N7O5S. The van der Waals surface area contributed by atoms with Crippen LogP contribution in [-0.2, 0) is 26.1 Å². The van der Waals surface area contributed by atoms with E-state index in [1.807, 2.05) is 17.7 Å². The molecule has 1 amide bonds. The average Bonchev–Trinajstić information content (AvgIpc) is 3.34. The van der Waals surface area contributed by atoms with Gasteiger partial charge in [-0.3, -0.25) is 19.3 Å². The molecule has 0 spiro atoms. The number of amides is 1. The summed E-state index contributed by atoms with van der Waals surface area (Å²) in [5.41, 5.74) is 2.43. The van der Waals surface area contributed by atoms with Gasteiger partial charge in [-0.1, -0.05) is 17.7 Å². The van der Waals surface area contributed by atoms with Gasteiger partial charge < -0.3 is 20.7 Å². The third kappa shape index (κ3) is 8.56. The lowest BCUT2D eigenvalue weighted by Crippen LogP contribution is -2.50. The van der Waals surface area contributed by atoms with Crippen molar-refractivity contribution in [2.45, 2.75) is 77.5 Å². The Morgan fingerprint density at radius 2 is 1.84 bits per heavy atom. The molecule has 0 bridgehead atoms. The second kappa shape index (κ2) is 13.8. The van der Waals surface area contributed by atoms with Gasteiger partial charge in [0, 0.05) is 43.7 Å². The molecule has 12 nitrogen and oxygen atoms in total. The number of rotatable bonds is 11. The molecule has 0 unspecified atom stereocenters. The number of aryl methyl sites for hydroxylation is 4. The van der Waals surface area contributed by atoms with Crippen molar-refractivity contribution >= 4 is 38.8 Å². The van der Waals surface area contributed by atoms with Crippen molar-refractivity contribution in [3.63, 3.8) is 0 Å². The first kappa shape index (κ1) is 32.9. The molecule has 3 aromatic rings. The SMILES string of the molecule is Cc1cc(C)c(S(=O)(=O)N[C@@H](CNC(=O)c2ccc3c(cnn3CCCNC3=NCCCN3)c2)C(=O)OC(C)(C)C)c(C)c1. The highest BCUT2D eigenvalue weighted by atomic mass is 32.2. The van der Waals surface area contributed by atoms with Crippen LogP contribution in [0, 0.1) is 20.8 Å². The normalized spacial score (nSPS) is 14.5. The molecule has 0 fully saturated rings. The van der Waals surface area contributed by atoms with Crippen molar-refractivity contribution in [1.29, 1.82) is 0 Å². The molecule has 0 radical (unpaired) electrons. The smallest absolute Gasteiger partial charge is 0.326 e. The molecule has 2 heterocycles. The van der Waals surface area contributed by atoms with E-state index in [0.717, 1.165) is 54.9 Å². The van der Waals surface area contributed by atoms with Gasteiger partial charge in [-0.25, -0.2) is 8.42 Å². The first-order valence-corrected chi connectivity index (χ1v) is 16.3. The van der Waals surface area contributed by atoms with Crippen molar-refractivity contribution in [2.24, 2.45) is 4.99 Å². The van der Waals surface area contributed by atoms with Gasteiger partial charge in [-0.2, -0.15) is 9.82 Å². The van der Waals surface area contributed by atoms with Crippen LogP contribution in [0.2, 0.25) is 0 Å². The summed E-state index contributed by atoms with van der Waals surface area (Å²) in [6, 6.07) is 7.42. The summed E-state index contributed by atoms with van der Waals surface area (Å²) in [5.74, 6) is -0.416. The van der Waals surface area contributed by atoms with E-state index in [2.05, 4.69) is 30.8 Å². The first-order valence-electron chi connectivity index (χ1n) is 14.8. The van der Waals surface area contributed by atoms with E-state index in [1.54, 1.807) is 65.1 Å². The minimum absolute atomic E-state index is 0.0978. The van der Waals surface area contributed by atoms with E-state index in [-0.39, 0.29) is 11.4 Å². The maximum absolute atomic E-state index is 13.5. The number of benzene rings is 2. The summed E-state index contributed by atoms with van der Waals surface area (Å²) >= 11 is 0. The van der Waals surface area contributed by atoms with Crippen LogP contribution in [0.3, 0.4) is 0 Å². The fourth-order valence-electron chi connectivity index (χ4n) is 5.17. The third-order valence-corrected chi connectivity index (χ3v) is 8.75. The fourth-order valence-corrected chi connectivity index (χ4v) is 6.81. The quantitative estimate of drug-likeness (QED) is 0.187. The second-order valence-electron chi connectivity index (χ2n) is 12.1. The predicted octanol–water partition coefficient (Wildman–Crippen LogP) is 2.71. The zero-order valence-electron chi connectivity index (χ0n) is 26.3. The van der Waals surface area contributed by atoms with E-state index in [0.29, 0.717) is 23.2 Å². The fraction of sp³-hybridized carbons (Fsp3) is 0.484. The molecule has 0 aliphatic carbocycles. The Bertz CT molecular complexity index is 1630. The molecule has 0 saturated carbocycles. The lowest BCUT2D eigenvalue weighted by atomic mass is 10.1. The molecule has 4 N–H and O–H groups in total. The Balaban J connectivity index is 1.43. The Morgan fingerprint density at radius 3 is 2.50 bits per heavy atom. The van der Waals surface area contributed by atoms with Gasteiger partial charge in [-0.15, -0.1) is 0 Å². The van der Waals surface area contributed by atoms with Crippen LogP contribution in [0.1, 0.15) is 60.7 Å². The summed E-state index contributed by atoms with van der Waals surface area (Å²) < 4.78 is 36.7. The molecule has 1 aromatic heterocycles. The van der Waals surface area contributed by atoms with Crippen molar-refractivity contribution in [1.82, 2.24) is 30.5 Å². The molecule has 1 aliphatic rings. The van der Waals surface area contributed by atoms with Gasteiger partial charge in [0.2, 0.25) is 10.0 Å². The van der Waals surface area contributed by atoms with E-state index < -0.39 is 33.5 Å². The van der Waals surface area contributed by atoms with Crippen LogP contribution in [0.15, 0.2) is 46.4 Å². The number of nitrogens with zero attached hydrogens (tertiary/aromatic N) is 3. The molecule has 44 heavy (non-hydrogen) atoms. The topological polar surface area (TPSA) is 156 Å². The summed E-state index contributed by atoms with van der Waals surface area (Å²) in [7, 11) is -4.12. The maximum atomic E-state index is 13.5. The van der Waals surface area contributed by atoms with Crippen molar-refractivity contribution in [3.05, 3.63) is 58.8 Å². The number of carbonyl (C=O) groups excluding carboxylic acids is 2. The first-order chi connectivity index (χ1) is 20.7. The molecule has 1 atom stereocenters. The summed E-state index contributed by atoms with van der Waals surface area (Å²) in [6.07, 6.45) is 3.58. The van der Waals surface area contributed by atoms with Crippen molar-refractivity contribution in [3.8, 4) is 0 Å².